The van der Waals surface area contributed by atoms with Crippen molar-refractivity contribution in [3.05, 3.63) is 116 Å². The number of hydrogen-bond donors (Lipinski definition) is 2. The van der Waals surface area contributed by atoms with E-state index < -0.39 is 22.8 Å². The number of likely N-dealkylation sites (tertiary alicyclic amines) is 1. The smallest absolute Gasteiger partial charge is 0.422 e. The quantitative estimate of drug-likeness (QED) is 0.0972. The van der Waals surface area contributed by atoms with Gasteiger partial charge < -0.3 is 34.3 Å². The molecule has 14 nitrogen and oxygen atoms in total. The standard InChI is InChI=1S/C54H69N5O9/c1-7-9-10-11-12-13-19-48(61)56-37-20-22-40-44(31-37)54(42(16-8-2)36(4)50(40)39-17-14-15-18-43(39)54)25-24-47(60)55-26-28-66-29-27-57(5)51(63)46-30-35(3)33-59(46)49(62)34-67-38-21-23-41-45(32-38)58(6)53(65)68-52(41)64/h8,14-18,20-23,31-32,35,39,43,46,50H,7,9-13,19,24-30,33-34H2,1-6H3,(H,55,60)(H,56,61)/b16-8-/t35-,39?,43?,46?,50?,54?/m0/s1. The molecule has 2 N–H and O–H groups in total. The molecule has 2 bridgehead atoms. The lowest BCUT2D eigenvalue weighted by atomic mass is 9.45. The second-order valence-electron chi connectivity index (χ2n) is 19.1. The number of nitrogens with zero attached hydrogens (tertiary/aromatic N) is 3. The van der Waals surface area contributed by atoms with E-state index in [4.69, 9.17) is 13.9 Å². The van der Waals surface area contributed by atoms with Gasteiger partial charge in [0.2, 0.25) is 17.7 Å². The molecule has 0 saturated carbocycles. The predicted octanol–water partition coefficient (Wildman–Crippen LogP) is 7.47. The molecule has 0 radical (unpaired) electrons. The molecule has 1 fully saturated rings. The number of aryl methyl sites for hydroxylation is 1. The van der Waals surface area contributed by atoms with E-state index in [9.17, 15) is 28.8 Å². The minimum Gasteiger partial charge on any atom is -0.484 e. The van der Waals surface area contributed by atoms with E-state index in [-0.39, 0.29) is 72.5 Å². The summed E-state index contributed by atoms with van der Waals surface area (Å²) in [7, 11) is 3.16. The summed E-state index contributed by atoms with van der Waals surface area (Å²) >= 11 is 0. The highest BCUT2D eigenvalue weighted by Crippen LogP contribution is 2.65. The number of unbranched alkanes of at least 4 members (excludes halogenated alkanes) is 5. The normalized spacial score (nSPS) is 22.4. The van der Waals surface area contributed by atoms with Gasteiger partial charge in [-0.05, 0) is 91.8 Å². The summed E-state index contributed by atoms with van der Waals surface area (Å²) in [5, 5.41) is 6.48. The van der Waals surface area contributed by atoms with Crippen LogP contribution in [0.5, 0.6) is 5.75 Å². The lowest BCUT2D eigenvalue weighted by Crippen LogP contribution is -2.51. The molecule has 68 heavy (non-hydrogen) atoms. The minimum atomic E-state index is -0.805. The molecule has 14 heteroatoms. The fourth-order valence-corrected chi connectivity index (χ4v) is 11.1. The van der Waals surface area contributed by atoms with E-state index in [0.717, 1.165) is 24.9 Å². The Hall–Kier alpha value is -6.02. The Bertz CT molecular complexity index is 2610. The largest absolute Gasteiger partial charge is 0.484 e. The summed E-state index contributed by atoms with van der Waals surface area (Å²) in [4.78, 5) is 81.1. The Morgan fingerprint density at radius 3 is 2.54 bits per heavy atom. The van der Waals surface area contributed by atoms with Crippen molar-refractivity contribution in [2.75, 3.05) is 51.8 Å². The Labute approximate surface area is 399 Å². The lowest BCUT2D eigenvalue weighted by molar-refractivity contribution is -0.144. The first-order chi connectivity index (χ1) is 32.8. The summed E-state index contributed by atoms with van der Waals surface area (Å²) < 4.78 is 17.6. The highest BCUT2D eigenvalue weighted by molar-refractivity contribution is 5.91. The molecular formula is C54H69N5O9. The van der Waals surface area contributed by atoms with Crippen molar-refractivity contribution in [3.63, 3.8) is 0 Å². The molecule has 4 amide bonds. The number of aromatic nitrogens is 1. The first kappa shape index (κ1) is 49.9. The van der Waals surface area contributed by atoms with Gasteiger partial charge in [-0.25, -0.2) is 9.59 Å². The molecule has 1 saturated heterocycles. The Balaban J connectivity index is 0.907. The summed E-state index contributed by atoms with van der Waals surface area (Å²) in [6.07, 6.45) is 21.9. The second-order valence-corrected chi connectivity index (χ2v) is 19.1. The number of amides is 4. The van der Waals surface area contributed by atoms with Gasteiger partial charge in [0, 0.05) is 69.7 Å². The van der Waals surface area contributed by atoms with Crippen molar-refractivity contribution in [2.45, 2.75) is 109 Å². The Morgan fingerprint density at radius 2 is 1.75 bits per heavy atom. The maximum Gasteiger partial charge on any atom is 0.422 e. The van der Waals surface area contributed by atoms with Crippen LogP contribution in [0.3, 0.4) is 0 Å². The van der Waals surface area contributed by atoms with Crippen molar-refractivity contribution in [1.82, 2.24) is 19.7 Å². The van der Waals surface area contributed by atoms with Crippen LogP contribution >= 0.6 is 0 Å². The topological polar surface area (TPSA) is 169 Å². The molecule has 8 rings (SSSR count). The van der Waals surface area contributed by atoms with Gasteiger partial charge in [0.15, 0.2) is 6.61 Å². The van der Waals surface area contributed by atoms with E-state index in [1.54, 1.807) is 16.8 Å². The van der Waals surface area contributed by atoms with E-state index in [2.05, 4.69) is 73.1 Å². The number of carbonyl (C=O) groups excluding carboxylic acids is 4. The van der Waals surface area contributed by atoms with E-state index in [1.807, 2.05) is 19.9 Å². The molecule has 1 aromatic heterocycles. The van der Waals surface area contributed by atoms with Crippen molar-refractivity contribution >= 4 is 40.2 Å². The highest BCUT2D eigenvalue weighted by atomic mass is 16.5. The molecule has 5 aliphatic rings. The number of ether oxygens (including phenoxy) is 2. The van der Waals surface area contributed by atoms with Crippen LogP contribution in [0.15, 0.2) is 98.0 Å². The number of carbonyl (C=O) groups is 4. The molecule has 6 atom stereocenters. The Kier molecular flexibility index (Phi) is 16.4. The molecule has 5 unspecified atom stereocenters. The average molecular weight is 932 g/mol. The fraction of sp³-hybridized carbons (Fsp3) is 0.519. The van der Waals surface area contributed by atoms with Crippen molar-refractivity contribution in [2.24, 2.45) is 24.8 Å². The molecule has 2 aromatic carbocycles. The van der Waals surface area contributed by atoms with Crippen LogP contribution in [-0.4, -0.2) is 90.5 Å². The Morgan fingerprint density at radius 1 is 0.971 bits per heavy atom. The first-order valence-electron chi connectivity index (χ1n) is 24.6. The average Bonchev–Trinajstić information content (AvgIpc) is 3.73. The molecule has 1 aliphatic heterocycles. The van der Waals surface area contributed by atoms with Crippen LogP contribution < -0.4 is 26.8 Å². The number of rotatable bonds is 22. The van der Waals surface area contributed by atoms with Gasteiger partial charge in [-0.1, -0.05) is 94.0 Å². The van der Waals surface area contributed by atoms with Crippen molar-refractivity contribution < 1.29 is 33.1 Å². The molecule has 3 aromatic rings. The highest BCUT2D eigenvalue weighted by Gasteiger charge is 2.57. The fourth-order valence-electron chi connectivity index (χ4n) is 11.1. The monoisotopic (exact) mass is 932 g/mol. The second kappa shape index (κ2) is 22.4. The molecule has 4 aliphatic carbocycles. The van der Waals surface area contributed by atoms with Gasteiger partial charge in [0.25, 0.3) is 5.91 Å². The zero-order valence-corrected chi connectivity index (χ0v) is 40.6. The van der Waals surface area contributed by atoms with Crippen LogP contribution in [-0.2, 0) is 36.4 Å². The third-order valence-corrected chi connectivity index (χ3v) is 14.5. The summed E-state index contributed by atoms with van der Waals surface area (Å²) in [6, 6.07) is 10.3. The van der Waals surface area contributed by atoms with Gasteiger partial charge in [-0.15, -0.1) is 0 Å². The van der Waals surface area contributed by atoms with Crippen LogP contribution in [0.25, 0.3) is 10.9 Å². The van der Waals surface area contributed by atoms with E-state index >= 15 is 0 Å². The lowest BCUT2D eigenvalue weighted by Gasteiger charge is -2.58. The molecule has 364 valence electrons. The van der Waals surface area contributed by atoms with Crippen LogP contribution in [0, 0.1) is 17.8 Å². The van der Waals surface area contributed by atoms with Gasteiger partial charge in [-0.2, -0.15) is 0 Å². The zero-order valence-electron chi connectivity index (χ0n) is 40.6. The van der Waals surface area contributed by atoms with Gasteiger partial charge in [0.05, 0.1) is 24.1 Å². The van der Waals surface area contributed by atoms with Gasteiger partial charge in [0.1, 0.15) is 11.8 Å². The van der Waals surface area contributed by atoms with Crippen LogP contribution in [0.2, 0.25) is 0 Å². The number of nitrogens with one attached hydrogen (secondary N) is 2. The number of anilines is 1. The van der Waals surface area contributed by atoms with E-state index in [1.165, 1.54) is 71.3 Å². The number of hydrogen-bond acceptors (Lipinski definition) is 9. The van der Waals surface area contributed by atoms with Crippen LogP contribution in [0.1, 0.15) is 109 Å². The maximum atomic E-state index is 13.7. The van der Waals surface area contributed by atoms with Crippen molar-refractivity contribution in [3.8, 4) is 5.75 Å². The number of fused-ring (bicyclic) bond motifs is 1. The molecule has 2 heterocycles. The molecular weight excluding hydrogens is 863 g/mol. The number of benzene rings is 2. The maximum absolute atomic E-state index is 13.7. The van der Waals surface area contributed by atoms with E-state index in [0.29, 0.717) is 56.6 Å². The number of likely N-dealkylation sites (N-methyl/N-ethyl adjacent to an activating group) is 1. The van der Waals surface area contributed by atoms with Crippen LogP contribution in [0.4, 0.5) is 5.69 Å². The number of allylic oxidation sites excluding steroid dienone is 8. The van der Waals surface area contributed by atoms with Crippen molar-refractivity contribution in [1.29, 1.82) is 0 Å². The SMILES string of the molecule is C/C=C\C1=C(C)C2c3ccc(NC(=O)CCCCCCCC)cc3C1(CCC(=O)NCCOCCN(C)C(=O)C1C[C@H](C)CN1C(=O)COc1ccc3c(=O)oc(=O)n(C)c3c1)C1C=CC=CC21. The third kappa shape index (κ3) is 10.6. The first-order valence-corrected chi connectivity index (χ1v) is 24.6. The third-order valence-electron chi connectivity index (χ3n) is 14.5. The zero-order chi connectivity index (χ0) is 48.5. The summed E-state index contributed by atoms with van der Waals surface area (Å²) in [5.41, 5.74) is 4.93. The van der Waals surface area contributed by atoms with Gasteiger partial charge in [-0.3, -0.25) is 23.7 Å². The van der Waals surface area contributed by atoms with Gasteiger partial charge >= 0.3 is 11.4 Å². The predicted molar refractivity (Wildman–Crippen MR) is 263 cm³/mol. The summed E-state index contributed by atoms with van der Waals surface area (Å²) in [6.45, 7) is 9.69. The minimum absolute atomic E-state index is 0.0363. The molecule has 0 spiro atoms. The summed E-state index contributed by atoms with van der Waals surface area (Å²) in [5.74, 6) is -0.363.